The van der Waals surface area contributed by atoms with Crippen LogP contribution in [-0.2, 0) is 27.6 Å². The van der Waals surface area contributed by atoms with Crippen LogP contribution in [0.5, 0.6) is 0 Å². The van der Waals surface area contributed by atoms with E-state index in [0.29, 0.717) is 12.1 Å². The molecule has 1 atom stereocenters. The first-order valence-electron chi connectivity index (χ1n) is 9.35. The van der Waals surface area contributed by atoms with Gasteiger partial charge in [0.2, 0.25) is 5.91 Å². The molecule has 0 unspecified atom stereocenters. The normalized spacial score (nSPS) is 15.5. The fraction of sp³-hybridized carbons (Fsp3) is 0.182. The topological polar surface area (TPSA) is 96.7 Å². The molecule has 9 heteroatoms. The first-order chi connectivity index (χ1) is 14.3. The number of anilines is 1. The molecule has 1 aliphatic rings. The van der Waals surface area contributed by atoms with Crippen molar-refractivity contribution in [2.75, 3.05) is 11.6 Å². The zero-order valence-electron chi connectivity index (χ0n) is 16.7. The smallest absolute Gasteiger partial charge is 0.290 e. The third-order valence-electron chi connectivity index (χ3n) is 5.07. The van der Waals surface area contributed by atoms with E-state index in [-0.39, 0.29) is 36.6 Å². The molecule has 0 saturated heterocycles. The molecule has 4 rings (SSSR count). The van der Waals surface area contributed by atoms with E-state index in [1.54, 1.807) is 24.3 Å². The first kappa shape index (κ1) is 22.6. The number of hydrogen-bond acceptors (Lipinski definition) is 5. The number of hydrogen-bond donors (Lipinski definition) is 1. The summed E-state index contributed by atoms with van der Waals surface area (Å²) in [6.45, 7) is 0.275. The van der Waals surface area contributed by atoms with Gasteiger partial charge in [-0.2, -0.15) is 13.5 Å². The highest BCUT2D eigenvalue weighted by Gasteiger charge is 2.36. The molecule has 0 saturated carbocycles. The van der Waals surface area contributed by atoms with Crippen LogP contribution in [0.15, 0.2) is 76.2 Å². The molecule has 2 amide bonds. The number of rotatable bonds is 4. The van der Waals surface area contributed by atoms with Crippen LogP contribution < -0.4 is 5.32 Å². The summed E-state index contributed by atoms with van der Waals surface area (Å²) in [7, 11) is -3.41. The number of fused-ring (bicyclic) bond motifs is 1. The molecule has 162 valence electrons. The SMILES string of the molecule is CS(=O)(=O)c1cccc(NC(=O)[C@@H]2Cc3ccccc3CN2C(=O)c2ccco2)c1.S. The average Bonchev–Trinajstić information content (AvgIpc) is 3.27. The summed E-state index contributed by atoms with van der Waals surface area (Å²) in [6.07, 6.45) is 2.87. The Morgan fingerprint density at radius 3 is 2.45 bits per heavy atom. The van der Waals surface area contributed by atoms with Gasteiger partial charge in [0.15, 0.2) is 15.6 Å². The Balaban J connectivity index is 0.00000272. The quantitative estimate of drug-likeness (QED) is 0.648. The summed E-state index contributed by atoms with van der Waals surface area (Å²) in [4.78, 5) is 27.7. The minimum atomic E-state index is -3.41. The fourth-order valence-electron chi connectivity index (χ4n) is 3.54. The number of carbonyl (C=O) groups excluding carboxylic acids is 2. The van der Waals surface area contributed by atoms with E-state index >= 15 is 0 Å². The van der Waals surface area contributed by atoms with Crippen molar-refractivity contribution < 1.29 is 22.4 Å². The molecule has 0 radical (unpaired) electrons. The van der Waals surface area contributed by atoms with E-state index in [2.05, 4.69) is 5.32 Å². The van der Waals surface area contributed by atoms with E-state index in [1.165, 1.54) is 23.3 Å². The van der Waals surface area contributed by atoms with E-state index in [4.69, 9.17) is 4.42 Å². The lowest BCUT2D eigenvalue weighted by molar-refractivity contribution is -0.121. The van der Waals surface area contributed by atoms with Crippen molar-refractivity contribution >= 4 is 40.8 Å². The zero-order chi connectivity index (χ0) is 21.3. The van der Waals surface area contributed by atoms with Gasteiger partial charge in [-0.25, -0.2) is 8.42 Å². The van der Waals surface area contributed by atoms with Crippen molar-refractivity contribution in [3.63, 3.8) is 0 Å². The molecule has 0 bridgehead atoms. The molecule has 7 nitrogen and oxygen atoms in total. The van der Waals surface area contributed by atoms with Gasteiger partial charge in [-0.1, -0.05) is 30.3 Å². The number of benzene rings is 2. The molecule has 1 N–H and O–H groups in total. The molecule has 1 aliphatic heterocycles. The van der Waals surface area contributed by atoms with Crippen LogP contribution in [0.2, 0.25) is 0 Å². The number of furan rings is 1. The van der Waals surface area contributed by atoms with E-state index in [0.717, 1.165) is 17.4 Å². The molecule has 0 spiro atoms. The Labute approximate surface area is 187 Å². The highest BCUT2D eigenvalue weighted by atomic mass is 32.2. The third kappa shape index (κ3) is 4.83. The van der Waals surface area contributed by atoms with Gasteiger partial charge in [0, 0.05) is 24.9 Å². The average molecular weight is 459 g/mol. The second-order valence-corrected chi connectivity index (χ2v) is 9.20. The Kier molecular flexibility index (Phi) is 6.56. The van der Waals surface area contributed by atoms with Gasteiger partial charge in [0.25, 0.3) is 5.91 Å². The fourth-order valence-corrected chi connectivity index (χ4v) is 4.21. The van der Waals surface area contributed by atoms with Crippen molar-refractivity contribution in [3.8, 4) is 0 Å². The maximum Gasteiger partial charge on any atom is 0.290 e. The predicted octanol–water partition coefficient (Wildman–Crippen LogP) is 3.00. The van der Waals surface area contributed by atoms with Gasteiger partial charge in [-0.05, 0) is 41.5 Å². The van der Waals surface area contributed by atoms with Crippen LogP contribution in [0.3, 0.4) is 0 Å². The molecule has 31 heavy (non-hydrogen) atoms. The zero-order valence-corrected chi connectivity index (χ0v) is 18.6. The summed E-state index contributed by atoms with van der Waals surface area (Å²) >= 11 is 0. The van der Waals surface area contributed by atoms with Crippen molar-refractivity contribution in [2.45, 2.75) is 23.9 Å². The molecular weight excluding hydrogens is 436 g/mol. The summed E-state index contributed by atoms with van der Waals surface area (Å²) in [5.74, 6) is -0.610. The van der Waals surface area contributed by atoms with E-state index in [9.17, 15) is 18.0 Å². The Morgan fingerprint density at radius 1 is 1.03 bits per heavy atom. The summed E-state index contributed by atoms with van der Waals surface area (Å²) in [5.41, 5.74) is 2.32. The summed E-state index contributed by atoms with van der Waals surface area (Å²) in [6, 6.07) is 16.1. The van der Waals surface area contributed by atoms with Crippen molar-refractivity contribution in [2.24, 2.45) is 0 Å². The monoisotopic (exact) mass is 458 g/mol. The minimum absolute atomic E-state index is 0. The lowest BCUT2D eigenvalue weighted by atomic mass is 9.93. The molecule has 1 aromatic heterocycles. The van der Waals surface area contributed by atoms with Crippen LogP contribution in [-0.4, -0.2) is 37.4 Å². The Bertz CT molecular complexity index is 1210. The summed E-state index contributed by atoms with van der Waals surface area (Å²) < 4.78 is 28.9. The van der Waals surface area contributed by atoms with Gasteiger partial charge in [-0.3, -0.25) is 9.59 Å². The van der Waals surface area contributed by atoms with Crippen molar-refractivity contribution in [1.82, 2.24) is 4.90 Å². The van der Waals surface area contributed by atoms with Crippen LogP contribution in [0, 0.1) is 0 Å². The maximum absolute atomic E-state index is 13.1. The number of carbonyl (C=O) groups is 2. The Morgan fingerprint density at radius 2 is 1.77 bits per heavy atom. The largest absolute Gasteiger partial charge is 0.459 e. The van der Waals surface area contributed by atoms with E-state index in [1.807, 2.05) is 24.3 Å². The van der Waals surface area contributed by atoms with Crippen molar-refractivity contribution in [3.05, 3.63) is 83.8 Å². The number of nitrogens with zero attached hydrogens (tertiary/aromatic N) is 1. The first-order valence-corrected chi connectivity index (χ1v) is 11.2. The van der Waals surface area contributed by atoms with Gasteiger partial charge < -0.3 is 14.6 Å². The van der Waals surface area contributed by atoms with Crippen LogP contribution in [0.1, 0.15) is 21.7 Å². The third-order valence-corrected chi connectivity index (χ3v) is 6.18. The molecule has 0 fully saturated rings. The molecule has 0 aliphatic carbocycles. The molecule has 3 aromatic rings. The number of amides is 2. The lowest BCUT2D eigenvalue weighted by Crippen LogP contribution is -2.50. The molecular formula is C22H22N2O5S2. The van der Waals surface area contributed by atoms with Gasteiger partial charge in [-0.15, -0.1) is 0 Å². The number of sulfone groups is 1. The van der Waals surface area contributed by atoms with E-state index < -0.39 is 21.8 Å². The van der Waals surface area contributed by atoms with Crippen molar-refractivity contribution in [1.29, 1.82) is 0 Å². The second-order valence-electron chi connectivity index (χ2n) is 7.19. The second kappa shape index (κ2) is 8.99. The number of nitrogens with one attached hydrogen (secondary N) is 1. The highest BCUT2D eigenvalue weighted by molar-refractivity contribution is 7.90. The lowest BCUT2D eigenvalue weighted by Gasteiger charge is -2.35. The predicted molar refractivity (Wildman–Crippen MR) is 121 cm³/mol. The van der Waals surface area contributed by atoms with Gasteiger partial charge in [0.05, 0.1) is 11.2 Å². The van der Waals surface area contributed by atoms with Crippen LogP contribution in [0.25, 0.3) is 0 Å². The Hall–Kier alpha value is -3.04. The summed E-state index contributed by atoms with van der Waals surface area (Å²) in [5, 5.41) is 2.76. The minimum Gasteiger partial charge on any atom is -0.459 e. The van der Waals surface area contributed by atoms with Gasteiger partial charge >= 0.3 is 0 Å². The van der Waals surface area contributed by atoms with Crippen LogP contribution >= 0.6 is 13.5 Å². The molecule has 2 aromatic carbocycles. The molecule has 2 heterocycles. The standard InChI is InChI=1S/C22H20N2O5S.H2S/c1-30(27,28)18-9-4-8-17(13-18)23-21(25)19-12-15-6-2-3-7-16(15)14-24(19)22(26)20-10-5-11-29-20;/h2-11,13,19H,12,14H2,1H3,(H,23,25);1H2/t19-;/m0./s1. The van der Waals surface area contributed by atoms with Gasteiger partial charge in [0.1, 0.15) is 6.04 Å². The maximum atomic E-state index is 13.1. The van der Waals surface area contributed by atoms with Crippen LogP contribution in [0.4, 0.5) is 5.69 Å². The highest BCUT2D eigenvalue weighted by Crippen LogP contribution is 2.26.